The smallest absolute Gasteiger partial charge is 0.175 e. The summed E-state index contributed by atoms with van der Waals surface area (Å²) >= 11 is 5.37. The molecule has 0 bridgehead atoms. The molecule has 116 valence electrons. The van der Waals surface area contributed by atoms with E-state index in [1.165, 1.54) is 5.56 Å². The van der Waals surface area contributed by atoms with Gasteiger partial charge in [-0.25, -0.2) is 0 Å². The zero-order valence-electron chi connectivity index (χ0n) is 13.2. The maximum Gasteiger partial charge on any atom is 0.175 e. The number of nitrogens with one attached hydrogen (secondary N) is 2. The first-order chi connectivity index (χ1) is 10.5. The first-order valence-corrected chi connectivity index (χ1v) is 7.31. The van der Waals surface area contributed by atoms with Crippen molar-refractivity contribution in [2.24, 2.45) is 0 Å². The van der Waals surface area contributed by atoms with Gasteiger partial charge in [-0.15, -0.1) is 0 Å². The van der Waals surface area contributed by atoms with Crippen molar-refractivity contribution >= 4 is 28.7 Å². The Bertz CT molecular complexity index is 686. The second kappa shape index (κ2) is 7.13. The number of anilines is 2. The fraction of sp³-hybridized carbons (Fsp3) is 0.235. The van der Waals surface area contributed by atoms with Crippen LogP contribution in [0.25, 0.3) is 0 Å². The molecule has 0 aliphatic carbocycles. The van der Waals surface area contributed by atoms with Crippen LogP contribution in [0, 0.1) is 13.8 Å². The van der Waals surface area contributed by atoms with Crippen molar-refractivity contribution < 1.29 is 9.47 Å². The second-order valence-electron chi connectivity index (χ2n) is 4.97. The molecule has 5 heteroatoms. The summed E-state index contributed by atoms with van der Waals surface area (Å²) < 4.78 is 10.5. The quantitative estimate of drug-likeness (QED) is 0.830. The summed E-state index contributed by atoms with van der Waals surface area (Å²) in [5, 5.41) is 6.89. The van der Waals surface area contributed by atoms with Gasteiger partial charge in [-0.2, -0.15) is 0 Å². The van der Waals surface area contributed by atoms with Gasteiger partial charge in [-0.3, -0.25) is 0 Å². The summed E-state index contributed by atoms with van der Waals surface area (Å²) in [6.45, 7) is 4.09. The maximum atomic E-state index is 5.37. The fourth-order valence-corrected chi connectivity index (χ4v) is 2.30. The van der Waals surface area contributed by atoms with Crippen molar-refractivity contribution in [3.05, 3.63) is 47.5 Å². The lowest BCUT2D eigenvalue weighted by Gasteiger charge is -2.14. The van der Waals surface area contributed by atoms with Crippen LogP contribution in [0.15, 0.2) is 36.4 Å². The zero-order chi connectivity index (χ0) is 16.1. The molecule has 0 unspecified atom stereocenters. The number of benzene rings is 2. The van der Waals surface area contributed by atoms with Crippen molar-refractivity contribution in [1.29, 1.82) is 0 Å². The van der Waals surface area contributed by atoms with Gasteiger partial charge in [0.25, 0.3) is 0 Å². The monoisotopic (exact) mass is 316 g/mol. The van der Waals surface area contributed by atoms with Gasteiger partial charge in [0.15, 0.2) is 16.6 Å². The molecule has 2 N–H and O–H groups in total. The van der Waals surface area contributed by atoms with Gasteiger partial charge in [0.1, 0.15) is 0 Å². The molecule has 0 amide bonds. The number of ether oxygens (including phenoxy) is 2. The van der Waals surface area contributed by atoms with E-state index in [0.29, 0.717) is 16.6 Å². The first-order valence-electron chi connectivity index (χ1n) is 6.90. The number of hydrogen-bond acceptors (Lipinski definition) is 3. The second-order valence-corrected chi connectivity index (χ2v) is 5.38. The predicted octanol–water partition coefficient (Wildman–Crippen LogP) is 4.13. The third-order valence-electron chi connectivity index (χ3n) is 3.28. The Morgan fingerprint density at radius 1 is 0.909 bits per heavy atom. The molecule has 0 fully saturated rings. The molecule has 0 aromatic heterocycles. The zero-order valence-corrected chi connectivity index (χ0v) is 14.0. The third kappa shape index (κ3) is 3.89. The fourth-order valence-electron chi connectivity index (χ4n) is 2.07. The molecule has 0 radical (unpaired) electrons. The molecule has 0 atom stereocenters. The third-order valence-corrected chi connectivity index (χ3v) is 3.49. The number of thiocarbonyl (C=S) groups is 1. The van der Waals surface area contributed by atoms with Gasteiger partial charge in [0.05, 0.1) is 14.2 Å². The van der Waals surface area contributed by atoms with Crippen LogP contribution >= 0.6 is 12.2 Å². The average molecular weight is 316 g/mol. The van der Waals surface area contributed by atoms with Crippen molar-refractivity contribution in [1.82, 2.24) is 0 Å². The summed E-state index contributed by atoms with van der Waals surface area (Å²) in [7, 11) is 3.21. The Morgan fingerprint density at radius 2 is 1.64 bits per heavy atom. The molecule has 2 aromatic rings. The molecular weight excluding hydrogens is 296 g/mol. The van der Waals surface area contributed by atoms with Crippen LogP contribution in [0.1, 0.15) is 11.1 Å². The summed E-state index contributed by atoms with van der Waals surface area (Å²) in [4.78, 5) is 0. The Balaban J connectivity index is 2.10. The highest BCUT2D eigenvalue weighted by atomic mass is 32.1. The van der Waals surface area contributed by atoms with Gasteiger partial charge >= 0.3 is 0 Å². The van der Waals surface area contributed by atoms with Gasteiger partial charge in [0.2, 0.25) is 0 Å². The highest BCUT2D eigenvalue weighted by Gasteiger charge is 2.06. The number of rotatable bonds is 4. The minimum absolute atomic E-state index is 0.529. The lowest BCUT2D eigenvalue weighted by atomic mass is 10.1. The molecular formula is C17H20N2O2S. The molecule has 0 aliphatic heterocycles. The Kier molecular flexibility index (Phi) is 5.22. The minimum Gasteiger partial charge on any atom is -0.493 e. The Morgan fingerprint density at radius 3 is 2.32 bits per heavy atom. The first kappa shape index (κ1) is 16.1. The lowest BCUT2D eigenvalue weighted by molar-refractivity contribution is 0.355. The molecule has 0 saturated carbocycles. The van der Waals surface area contributed by atoms with E-state index < -0.39 is 0 Å². The van der Waals surface area contributed by atoms with Crippen LogP contribution in [0.2, 0.25) is 0 Å². The predicted molar refractivity (Wildman–Crippen MR) is 95.3 cm³/mol. The van der Waals surface area contributed by atoms with Crippen molar-refractivity contribution in [2.75, 3.05) is 24.9 Å². The minimum atomic E-state index is 0.529. The highest BCUT2D eigenvalue weighted by Crippen LogP contribution is 2.29. The molecule has 22 heavy (non-hydrogen) atoms. The molecule has 0 saturated heterocycles. The van der Waals surface area contributed by atoms with E-state index in [9.17, 15) is 0 Å². The van der Waals surface area contributed by atoms with E-state index >= 15 is 0 Å². The summed E-state index contributed by atoms with van der Waals surface area (Å²) in [5.74, 6) is 1.34. The van der Waals surface area contributed by atoms with Crippen LogP contribution in [0.3, 0.4) is 0 Å². The van der Waals surface area contributed by atoms with Gasteiger partial charge in [-0.05, 0) is 55.4 Å². The average Bonchev–Trinajstić information content (AvgIpc) is 2.50. The van der Waals surface area contributed by atoms with E-state index in [1.807, 2.05) is 25.1 Å². The summed E-state index contributed by atoms with van der Waals surface area (Å²) in [5.41, 5.74) is 4.16. The molecule has 2 aromatic carbocycles. The van der Waals surface area contributed by atoms with Crippen LogP contribution in [-0.4, -0.2) is 19.3 Å². The van der Waals surface area contributed by atoms with E-state index in [2.05, 4.69) is 35.8 Å². The molecule has 4 nitrogen and oxygen atoms in total. The van der Waals surface area contributed by atoms with Crippen molar-refractivity contribution in [3.8, 4) is 11.5 Å². The topological polar surface area (TPSA) is 42.5 Å². The Labute approximate surface area is 136 Å². The van der Waals surface area contributed by atoms with Crippen molar-refractivity contribution in [3.63, 3.8) is 0 Å². The normalized spacial score (nSPS) is 10.0. The standard InChI is InChI=1S/C17H20N2O2S/c1-11-5-6-12(2)14(9-11)19-17(22)18-13-7-8-15(20-3)16(10-13)21-4/h5-10H,1-4H3,(H2,18,19,22). The SMILES string of the molecule is COc1ccc(NC(=S)Nc2cc(C)ccc2C)cc1OC. The molecule has 0 aliphatic rings. The van der Waals surface area contributed by atoms with Crippen LogP contribution in [0.5, 0.6) is 11.5 Å². The van der Waals surface area contributed by atoms with Gasteiger partial charge in [-0.1, -0.05) is 12.1 Å². The summed E-state index contributed by atoms with van der Waals surface area (Å²) in [6, 6.07) is 11.8. The van der Waals surface area contributed by atoms with E-state index in [-0.39, 0.29) is 0 Å². The number of methoxy groups -OCH3 is 2. The molecule has 0 spiro atoms. The van der Waals surface area contributed by atoms with Crippen molar-refractivity contribution in [2.45, 2.75) is 13.8 Å². The van der Waals surface area contributed by atoms with Crippen LogP contribution < -0.4 is 20.1 Å². The largest absolute Gasteiger partial charge is 0.493 e. The number of aryl methyl sites for hydroxylation is 2. The Hall–Kier alpha value is -2.27. The van der Waals surface area contributed by atoms with Gasteiger partial charge < -0.3 is 20.1 Å². The van der Waals surface area contributed by atoms with Crippen LogP contribution in [-0.2, 0) is 0 Å². The van der Waals surface area contributed by atoms with Gasteiger partial charge in [0, 0.05) is 17.4 Å². The molecule has 2 rings (SSSR count). The van der Waals surface area contributed by atoms with E-state index in [0.717, 1.165) is 16.9 Å². The molecule has 0 heterocycles. The van der Waals surface area contributed by atoms with Crippen LogP contribution in [0.4, 0.5) is 11.4 Å². The number of hydrogen-bond donors (Lipinski definition) is 2. The lowest BCUT2D eigenvalue weighted by Crippen LogP contribution is -2.19. The maximum absolute atomic E-state index is 5.37. The highest BCUT2D eigenvalue weighted by molar-refractivity contribution is 7.80. The van der Waals surface area contributed by atoms with E-state index in [1.54, 1.807) is 14.2 Å². The summed E-state index contributed by atoms with van der Waals surface area (Å²) in [6.07, 6.45) is 0. The van der Waals surface area contributed by atoms with E-state index in [4.69, 9.17) is 21.7 Å².